The minimum atomic E-state index is -3.96. The molecule has 0 rings (SSSR count). The molecule has 3 N–H and O–H groups in total. The molecule has 0 radical (unpaired) electrons. The van der Waals surface area contributed by atoms with Crippen molar-refractivity contribution in [2.75, 3.05) is 18.1 Å². The SMILES string of the molecule is O=C(O)[C@H](CS)NCCCS(=O)(=O)O. The van der Waals surface area contributed by atoms with Crippen molar-refractivity contribution in [2.24, 2.45) is 0 Å². The molecule has 6 nitrogen and oxygen atoms in total. The largest absolute Gasteiger partial charge is 0.480 e. The first-order valence-corrected chi connectivity index (χ1v) is 6.13. The number of carboxylic acids is 1. The van der Waals surface area contributed by atoms with E-state index >= 15 is 0 Å². The highest BCUT2D eigenvalue weighted by Gasteiger charge is 2.14. The van der Waals surface area contributed by atoms with Crippen LogP contribution in [0.25, 0.3) is 0 Å². The van der Waals surface area contributed by atoms with E-state index in [9.17, 15) is 13.2 Å². The maximum Gasteiger partial charge on any atom is 0.321 e. The number of thiol groups is 1. The number of hydrogen-bond acceptors (Lipinski definition) is 5. The van der Waals surface area contributed by atoms with Gasteiger partial charge in [-0.15, -0.1) is 0 Å². The van der Waals surface area contributed by atoms with Crippen molar-refractivity contribution in [1.82, 2.24) is 5.32 Å². The smallest absolute Gasteiger partial charge is 0.321 e. The Morgan fingerprint density at radius 2 is 2.07 bits per heavy atom. The molecular weight excluding hydrogens is 230 g/mol. The molecule has 0 aliphatic rings. The number of rotatable bonds is 7. The van der Waals surface area contributed by atoms with Gasteiger partial charge in [-0.25, -0.2) is 0 Å². The predicted octanol–water partition coefficient (Wildman–Crippen LogP) is -0.763. The lowest BCUT2D eigenvalue weighted by molar-refractivity contribution is -0.138. The van der Waals surface area contributed by atoms with E-state index in [4.69, 9.17) is 9.66 Å². The summed E-state index contributed by atoms with van der Waals surface area (Å²) in [4.78, 5) is 10.4. The van der Waals surface area contributed by atoms with Gasteiger partial charge in [0.25, 0.3) is 10.1 Å². The predicted molar refractivity (Wildman–Crippen MR) is 54.3 cm³/mol. The number of carboxylic acid groups (broad SMARTS) is 1. The quantitative estimate of drug-likeness (QED) is 0.266. The van der Waals surface area contributed by atoms with Gasteiger partial charge in [-0.3, -0.25) is 9.35 Å². The van der Waals surface area contributed by atoms with Crippen molar-refractivity contribution < 1.29 is 22.9 Å². The molecule has 0 saturated heterocycles. The van der Waals surface area contributed by atoms with E-state index in [0.717, 1.165) is 0 Å². The van der Waals surface area contributed by atoms with Crippen LogP contribution in [0.4, 0.5) is 0 Å². The zero-order valence-electron chi connectivity index (χ0n) is 7.38. The molecule has 0 aromatic heterocycles. The van der Waals surface area contributed by atoms with Gasteiger partial charge in [-0.05, 0) is 13.0 Å². The topological polar surface area (TPSA) is 104 Å². The lowest BCUT2D eigenvalue weighted by Crippen LogP contribution is -2.39. The average molecular weight is 243 g/mol. The van der Waals surface area contributed by atoms with Crippen LogP contribution in [0.2, 0.25) is 0 Å². The molecule has 0 spiro atoms. The zero-order valence-corrected chi connectivity index (χ0v) is 9.09. The van der Waals surface area contributed by atoms with E-state index in [2.05, 4.69) is 17.9 Å². The van der Waals surface area contributed by atoms with Crippen molar-refractivity contribution >= 4 is 28.7 Å². The third-order valence-electron chi connectivity index (χ3n) is 1.45. The molecule has 1 atom stereocenters. The normalized spacial score (nSPS) is 13.9. The van der Waals surface area contributed by atoms with Gasteiger partial charge in [0.15, 0.2) is 0 Å². The Balaban J connectivity index is 3.68. The van der Waals surface area contributed by atoms with Crippen molar-refractivity contribution in [3.8, 4) is 0 Å². The molecule has 0 unspecified atom stereocenters. The first-order valence-electron chi connectivity index (χ1n) is 3.89. The monoisotopic (exact) mass is 243 g/mol. The van der Waals surface area contributed by atoms with Crippen LogP contribution in [0.3, 0.4) is 0 Å². The molecule has 0 saturated carbocycles. The fourth-order valence-electron chi connectivity index (χ4n) is 0.761. The second kappa shape index (κ2) is 6.23. The first-order chi connectivity index (χ1) is 6.37. The van der Waals surface area contributed by atoms with Crippen LogP contribution >= 0.6 is 12.6 Å². The second-order valence-electron chi connectivity index (χ2n) is 2.67. The number of hydrogen-bond donors (Lipinski definition) is 4. The van der Waals surface area contributed by atoms with Crippen molar-refractivity contribution in [2.45, 2.75) is 12.5 Å². The summed E-state index contributed by atoms with van der Waals surface area (Å²) in [7, 11) is -3.96. The Kier molecular flexibility index (Phi) is 6.09. The molecule has 0 aromatic rings. The average Bonchev–Trinajstić information content (AvgIpc) is 2.01. The molecule has 0 heterocycles. The lowest BCUT2D eigenvalue weighted by atomic mass is 10.3. The number of aliphatic carboxylic acids is 1. The van der Waals surface area contributed by atoms with Gasteiger partial charge in [0.2, 0.25) is 0 Å². The lowest BCUT2D eigenvalue weighted by Gasteiger charge is -2.10. The zero-order chi connectivity index (χ0) is 11.2. The number of nitrogens with one attached hydrogen (secondary N) is 1. The van der Waals surface area contributed by atoms with Gasteiger partial charge in [-0.2, -0.15) is 21.0 Å². The van der Waals surface area contributed by atoms with Gasteiger partial charge in [-0.1, -0.05) is 0 Å². The molecule has 84 valence electrons. The summed E-state index contributed by atoms with van der Waals surface area (Å²) in [6.07, 6.45) is 0.163. The molecule has 8 heteroatoms. The van der Waals surface area contributed by atoms with Crippen LogP contribution in [-0.4, -0.2) is 48.1 Å². The Morgan fingerprint density at radius 3 is 2.43 bits per heavy atom. The standard InChI is InChI=1S/C6H13NO5S2/c8-6(9)5(4-13)7-2-1-3-14(10,11)12/h5,7,13H,1-4H2,(H,8,9)(H,10,11,12)/t5-/m0/s1. The Hall–Kier alpha value is -0.310. The highest BCUT2D eigenvalue weighted by atomic mass is 32.2. The van der Waals surface area contributed by atoms with Crippen molar-refractivity contribution in [3.63, 3.8) is 0 Å². The minimum absolute atomic E-state index is 0.126. The molecule has 14 heavy (non-hydrogen) atoms. The van der Waals surface area contributed by atoms with Gasteiger partial charge in [0.1, 0.15) is 6.04 Å². The Morgan fingerprint density at radius 1 is 1.50 bits per heavy atom. The summed E-state index contributed by atoms with van der Waals surface area (Å²) in [6.45, 7) is 0.206. The van der Waals surface area contributed by atoms with E-state index in [1.54, 1.807) is 0 Å². The summed E-state index contributed by atoms with van der Waals surface area (Å²) in [5, 5.41) is 11.1. The fraction of sp³-hybridized carbons (Fsp3) is 0.833. The van der Waals surface area contributed by atoms with Crippen LogP contribution in [0.5, 0.6) is 0 Å². The van der Waals surface area contributed by atoms with Crippen LogP contribution in [0.15, 0.2) is 0 Å². The third-order valence-corrected chi connectivity index (χ3v) is 2.62. The molecule has 0 amide bonds. The summed E-state index contributed by atoms with van der Waals surface area (Å²) in [5.74, 6) is -1.29. The summed E-state index contributed by atoms with van der Waals surface area (Å²) < 4.78 is 28.9. The van der Waals surface area contributed by atoms with Crippen LogP contribution in [0, 0.1) is 0 Å². The maximum atomic E-state index is 10.4. The molecule has 0 fully saturated rings. The van der Waals surface area contributed by atoms with E-state index in [-0.39, 0.29) is 24.5 Å². The molecular formula is C6H13NO5S2. The van der Waals surface area contributed by atoms with E-state index in [1.165, 1.54) is 0 Å². The molecule has 0 aliphatic heterocycles. The highest BCUT2D eigenvalue weighted by Crippen LogP contribution is 1.91. The molecule has 0 aliphatic carbocycles. The second-order valence-corrected chi connectivity index (χ2v) is 4.60. The van der Waals surface area contributed by atoms with Gasteiger partial charge in [0.05, 0.1) is 5.75 Å². The van der Waals surface area contributed by atoms with Crippen LogP contribution in [-0.2, 0) is 14.9 Å². The van der Waals surface area contributed by atoms with E-state index < -0.39 is 22.1 Å². The maximum absolute atomic E-state index is 10.4. The van der Waals surface area contributed by atoms with Crippen molar-refractivity contribution in [3.05, 3.63) is 0 Å². The van der Waals surface area contributed by atoms with Crippen LogP contribution in [0.1, 0.15) is 6.42 Å². The number of carbonyl (C=O) groups is 1. The molecule has 0 bridgehead atoms. The summed E-state index contributed by atoms with van der Waals surface area (Å²) in [5.41, 5.74) is 0. The van der Waals surface area contributed by atoms with Gasteiger partial charge in [0, 0.05) is 5.75 Å². The third kappa shape index (κ3) is 7.13. The Bertz CT molecular complexity index is 276. The van der Waals surface area contributed by atoms with Crippen LogP contribution < -0.4 is 5.32 Å². The van der Waals surface area contributed by atoms with Gasteiger partial charge >= 0.3 is 5.97 Å². The first kappa shape index (κ1) is 13.7. The Labute approximate surface area is 87.9 Å². The van der Waals surface area contributed by atoms with E-state index in [1.807, 2.05) is 0 Å². The highest BCUT2D eigenvalue weighted by molar-refractivity contribution is 7.85. The van der Waals surface area contributed by atoms with Crippen molar-refractivity contribution in [1.29, 1.82) is 0 Å². The van der Waals surface area contributed by atoms with Gasteiger partial charge < -0.3 is 10.4 Å². The minimum Gasteiger partial charge on any atom is -0.480 e. The fourth-order valence-corrected chi connectivity index (χ4v) is 1.56. The summed E-state index contributed by atoms with van der Waals surface area (Å²) in [6, 6.07) is -0.792. The summed E-state index contributed by atoms with van der Waals surface area (Å²) >= 11 is 3.80. The molecule has 0 aromatic carbocycles. The van der Waals surface area contributed by atoms with E-state index in [0.29, 0.717) is 0 Å².